The number of nitrogens with one attached hydrogen (secondary N) is 3. The topological polar surface area (TPSA) is 70.2 Å². The Balaban J connectivity index is 2.02. The second kappa shape index (κ2) is 9.03. The Kier molecular flexibility index (Phi) is 6.76. The quantitative estimate of drug-likeness (QED) is 0.658. The zero-order valence-electron chi connectivity index (χ0n) is 13.4. The molecule has 2 aromatic rings. The highest BCUT2D eigenvalue weighted by Gasteiger charge is 2.13. The number of hydrogen-bond donors (Lipinski definition) is 3. The molecular weight excluding hydrogens is 348 g/mol. The van der Waals surface area contributed by atoms with Gasteiger partial charge in [0.05, 0.1) is 17.8 Å². The van der Waals surface area contributed by atoms with Crippen molar-refractivity contribution in [1.82, 2.24) is 5.32 Å². The summed E-state index contributed by atoms with van der Waals surface area (Å²) in [6.45, 7) is -0.109. The lowest BCUT2D eigenvalue weighted by atomic mass is 10.1. The molecule has 0 saturated carbocycles. The fourth-order valence-corrected chi connectivity index (χ4v) is 2.70. The van der Waals surface area contributed by atoms with Crippen LogP contribution in [0.3, 0.4) is 0 Å². The van der Waals surface area contributed by atoms with Crippen LogP contribution in [0.2, 0.25) is 0 Å². The van der Waals surface area contributed by atoms with Gasteiger partial charge in [0, 0.05) is 17.6 Å². The highest BCUT2D eigenvalue weighted by Crippen LogP contribution is 2.31. The van der Waals surface area contributed by atoms with Crippen molar-refractivity contribution in [3.8, 4) is 0 Å². The molecule has 0 aliphatic heterocycles. The third kappa shape index (κ3) is 5.46. The smallest absolute Gasteiger partial charge is 0.288 e. The van der Waals surface area contributed by atoms with Crippen LogP contribution in [0.15, 0.2) is 53.4 Å². The normalized spacial score (nSPS) is 10.4. The molecule has 0 saturated heterocycles. The molecule has 2 amide bonds. The number of amides is 2. The number of halogens is 2. The van der Waals surface area contributed by atoms with E-state index in [2.05, 4.69) is 16.0 Å². The van der Waals surface area contributed by atoms with E-state index in [-0.39, 0.29) is 17.3 Å². The number of hydrogen-bond acceptors (Lipinski definition) is 4. The lowest BCUT2D eigenvalue weighted by Crippen LogP contribution is -2.24. The minimum Gasteiger partial charge on any atom is -0.376 e. The SMILES string of the molecule is CNC(=O)c1ccccc1NCC(=O)Nc1ccccc1SC(F)F. The Labute approximate surface area is 148 Å². The fraction of sp³-hybridized carbons (Fsp3) is 0.176. The van der Waals surface area contributed by atoms with Gasteiger partial charge in [-0.2, -0.15) is 8.78 Å². The van der Waals surface area contributed by atoms with Crippen LogP contribution in [0.5, 0.6) is 0 Å². The average Bonchev–Trinajstić information content (AvgIpc) is 2.61. The first kappa shape index (κ1) is 18.7. The van der Waals surface area contributed by atoms with E-state index in [0.717, 1.165) is 0 Å². The second-order valence-corrected chi connectivity index (χ2v) is 5.93. The van der Waals surface area contributed by atoms with Gasteiger partial charge in [0.1, 0.15) is 0 Å². The van der Waals surface area contributed by atoms with Crippen LogP contribution in [0.25, 0.3) is 0 Å². The molecule has 2 rings (SSSR count). The number of alkyl halides is 2. The highest BCUT2D eigenvalue weighted by molar-refractivity contribution is 7.99. The van der Waals surface area contributed by atoms with E-state index >= 15 is 0 Å². The summed E-state index contributed by atoms with van der Waals surface area (Å²) in [5, 5.41) is 8.00. The van der Waals surface area contributed by atoms with Crippen molar-refractivity contribution < 1.29 is 18.4 Å². The van der Waals surface area contributed by atoms with Crippen molar-refractivity contribution in [1.29, 1.82) is 0 Å². The molecule has 0 aliphatic carbocycles. The Hall–Kier alpha value is -2.61. The molecule has 5 nitrogen and oxygen atoms in total. The molecule has 2 aromatic carbocycles. The summed E-state index contributed by atoms with van der Waals surface area (Å²) < 4.78 is 25.1. The van der Waals surface area contributed by atoms with Crippen LogP contribution >= 0.6 is 11.8 Å². The molecule has 0 aromatic heterocycles. The standard InChI is InChI=1S/C17H17F2N3O2S/c1-20-16(24)11-6-2-3-7-12(11)21-10-15(23)22-13-8-4-5-9-14(13)25-17(18)19/h2-9,17,21H,10H2,1H3,(H,20,24)(H,22,23). The number of para-hydroxylation sites is 2. The number of anilines is 2. The van der Waals surface area contributed by atoms with E-state index in [1.807, 2.05) is 0 Å². The molecule has 3 N–H and O–H groups in total. The maximum absolute atomic E-state index is 12.6. The average molecular weight is 365 g/mol. The Morgan fingerprint density at radius 3 is 2.36 bits per heavy atom. The number of rotatable bonds is 7. The highest BCUT2D eigenvalue weighted by atomic mass is 32.2. The van der Waals surface area contributed by atoms with Crippen molar-refractivity contribution in [2.75, 3.05) is 24.2 Å². The lowest BCUT2D eigenvalue weighted by molar-refractivity contribution is -0.114. The first-order chi connectivity index (χ1) is 12.0. The first-order valence-corrected chi connectivity index (χ1v) is 8.28. The Bertz CT molecular complexity index is 756. The zero-order valence-corrected chi connectivity index (χ0v) is 14.2. The molecule has 0 fully saturated rings. The maximum atomic E-state index is 12.6. The fourth-order valence-electron chi connectivity index (χ4n) is 2.11. The summed E-state index contributed by atoms with van der Waals surface area (Å²) in [5.41, 5.74) is 1.23. The number of benzene rings is 2. The van der Waals surface area contributed by atoms with Crippen molar-refractivity contribution in [2.45, 2.75) is 10.7 Å². The van der Waals surface area contributed by atoms with Gasteiger partial charge in [-0.1, -0.05) is 36.0 Å². The molecule has 8 heteroatoms. The Morgan fingerprint density at radius 1 is 1.04 bits per heavy atom. The molecule has 0 aliphatic rings. The molecule has 0 spiro atoms. The van der Waals surface area contributed by atoms with Gasteiger partial charge in [0.25, 0.3) is 11.7 Å². The van der Waals surface area contributed by atoms with Gasteiger partial charge in [0.15, 0.2) is 0 Å². The predicted molar refractivity (Wildman–Crippen MR) is 95.3 cm³/mol. The summed E-state index contributed by atoms with van der Waals surface area (Å²) in [6, 6.07) is 13.1. The van der Waals surface area contributed by atoms with Gasteiger partial charge in [-0.3, -0.25) is 9.59 Å². The van der Waals surface area contributed by atoms with Gasteiger partial charge < -0.3 is 16.0 Å². The van der Waals surface area contributed by atoms with Crippen LogP contribution in [-0.2, 0) is 4.79 Å². The van der Waals surface area contributed by atoms with Gasteiger partial charge in [-0.05, 0) is 24.3 Å². The summed E-state index contributed by atoms with van der Waals surface area (Å²) in [7, 11) is 1.52. The van der Waals surface area contributed by atoms with E-state index in [4.69, 9.17) is 0 Å². The second-order valence-electron chi connectivity index (χ2n) is 4.90. The van der Waals surface area contributed by atoms with Gasteiger partial charge in [0.2, 0.25) is 5.91 Å². The number of carbonyl (C=O) groups is 2. The molecule has 0 bridgehead atoms. The minimum absolute atomic E-state index is 0.109. The predicted octanol–water partition coefficient (Wildman–Crippen LogP) is 3.41. The van der Waals surface area contributed by atoms with Crippen LogP contribution in [-0.4, -0.2) is 31.2 Å². The van der Waals surface area contributed by atoms with Crippen LogP contribution in [0, 0.1) is 0 Å². The van der Waals surface area contributed by atoms with E-state index < -0.39 is 11.7 Å². The van der Waals surface area contributed by atoms with Crippen molar-refractivity contribution in [3.05, 3.63) is 54.1 Å². The summed E-state index contributed by atoms with van der Waals surface area (Å²) >= 11 is 0.369. The number of thioether (sulfide) groups is 1. The number of carbonyl (C=O) groups excluding carboxylic acids is 2. The van der Waals surface area contributed by atoms with Crippen LogP contribution in [0.4, 0.5) is 20.2 Å². The van der Waals surface area contributed by atoms with Gasteiger partial charge in [-0.25, -0.2) is 0 Å². The van der Waals surface area contributed by atoms with Gasteiger partial charge >= 0.3 is 0 Å². The third-order valence-electron chi connectivity index (χ3n) is 3.22. The molecule has 0 radical (unpaired) electrons. The van der Waals surface area contributed by atoms with E-state index in [9.17, 15) is 18.4 Å². The third-order valence-corrected chi connectivity index (χ3v) is 4.00. The Morgan fingerprint density at radius 2 is 1.68 bits per heavy atom. The van der Waals surface area contributed by atoms with E-state index in [1.54, 1.807) is 42.5 Å². The van der Waals surface area contributed by atoms with Crippen LogP contribution in [0.1, 0.15) is 10.4 Å². The summed E-state index contributed by atoms with van der Waals surface area (Å²) in [4.78, 5) is 24.2. The minimum atomic E-state index is -2.57. The zero-order chi connectivity index (χ0) is 18.2. The molecule has 0 heterocycles. The van der Waals surface area contributed by atoms with E-state index in [0.29, 0.717) is 28.7 Å². The molecule has 25 heavy (non-hydrogen) atoms. The monoisotopic (exact) mass is 365 g/mol. The van der Waals surface area contributed by atoms with Crippen molar-refractivity contribution in [2.24, 2.45) is 0 Å². The molecule has 0 unspecified atom stereocenters. The van der Waals surface area contributed by atoms with E-state index in [1.165, 1.54) is 13.1 Å². The maximum Gasteiger partial charge on any atom is 0.288 e. The summed E-state index contributed by atoms with van der Waals surface area (Å²) in [6.07, 6.45) is 0. The first-order valence-electron chi connectivity index (χ1n) is 7.40. The largest absolute Gasteiger partial charge is 0.376 e. The van der Waals surface area contributed by atoms with Crippen LogP contribution < -0.4 is 16.0 Å². The molecule has 132 valence electrons. The summed E-state index contributed by atoms with van der Waals surface area (Å²) in [5.74, 6) is -3.26. The van der Waals surface area contributed by atoms with Gasteiger partial charge in [-0.15, -0.1) is 0 Å². The van der Waals surface area contributed by atoms with Crippen molar-refractivity contribution >= 4 is 35.0 Å². The van der Waals surface area contributed by atoms with Crippen molar-refractivity contribution in [3.63, 3.8) is 0 Å². The molecule has 0 atom stereocenters. The lowest BCUT2D eigenvalue weighted by Gasteiger charge is -2.13. The molecular formula is C17H17F2N3O2S.